The highest BCUT2D eigenvalue weighted by molar-refractivity contribution is 6.05. The Labute approximate surface area is 146 Å². The molecule has 3 aromatic rings. The number of aromatic nitrogens is 3. The maximum atomic E-state index is 12.9. The first-order chi connectivity index (χ1) is 12.3. The van der Waals surface area contributed by atoms with Gasteiger partial charge in [0.15, 0.2) is 0 Å². The molecule has 2 saturated carbocycles. The van der Waals surface area contributed by atoms with E-state index < -0.39 is 0 Å². The van der Waals surface area contributed by atoms with Crippen molar-refractivity contribution in [2.24, 2.45) is 5.92 Å². The molecule has 0 atom stereocenters. The van der Waals surface area contributed by atoms with Gasteiger partial charge < -0.3 is 4.57 Å². The van der Waals surface area contributed by atoms with Gasteiger partial charge in [-0.15, -0.1) is 0 Å². The zero-order valence-electron chi connectivity index (χ0n) is 14.0. The van der Waals surface area contributed by atoms with Crippen LogP contribution in [0.2, 0.25) is 0 Å². The molecule has 5 nitrogen and oxygen atoms in total. The molecule has 5 heteroatoms. The van der Waals surface area contributed by atoms with Crippen molar-refractivity contribution >= 4 is 22.9 Å². The molecule has 2 aliphatic carbocycles. The van der Waals surface area contributed by atoms with E-state index in [1.807, 2.05) is 30.3 Å². The molecule has 0 saturated heterocycles. The summed E-state index contributed by atoms with van der Waals surface area (Å²) < 4.78 is 2.15. The van der Waals surface area contributed by atoms with Crippen LogP contribution in [0.3, 0.4) is 0 Å². The molecule has 2 fully saturated rings. The molecule has 1 amide bonds. The number of rotatable bonds is 5. The minimum Gasteiger partial charge on any atom is -0.310 e. The number of imidazole rings is 1. The van der Waals surface area contributed by atoms with Crippen molar-refractivity contribution in [1.29, 1.82) is 0 Å². The quantitative estimate of drug-likeness (QED) is 0.769. The average Bonchev–Trinajstić information content (AvgIpc) is 3.54. The second-order valence-electron chi connectivity index (χ2n) is 7.14. The molecule has 1 N–H and O–H groups in total. The van der Waals surface area contributed by atoms with Crippen molar-refractivity contribution < 1.29 is 4.79 Å². The van der Waals surface area contributed by atoms with Gasteiger partial charge in [-0.1, -0.05) is 12.1 Å². The third-order valence-electron chi connectivity index (χ3n) is 5.06. The van der Waals surface area contributed by atoms with Gasteiger partial charge >= 0.3 is 0 Å². The van der Waals surface area contributed by atoms with Gasteiger partial charge in [-0.3, -0.25) is 15.1 Å². The number of fused-ring (bicyclic) bond motifs is 1. The highest BCUT2D eigenvalue weighted by atomic mass is 16.1. The minimum absolute atomic E-state index is 0.109. The van der Waals surface area contributed by atoms with Crippen molar-refractivity contribution in [2.45, 2.75) is 38.1 Å². The molecule has 2 heterocycles. The minimum atomic E-state index is -0.109. The molecule has 25 heavy (non-hydrogen) atoms. The van der Waals surface area contributed by atoms with Crippen molar-refractivity contribution in [3.8, 4) is 0 Å². The summed E-state index contributed by atoms with van der Waals surface area (Å²) in [6.07, 6.45) is 6.53. The molecule has 0 bridgehead atoms. The summed E-state index contributed by atoms with van der Waals surface area (Å²) >= 11 is 0. The lowest BCUT2D eigenvalue weighted by Gasteiger charge is -2.11. The van der Waals surface area contributed by atoms with Crippen LogP contribution < -0.4 is 5.32 Å². The van der Waals surface area contributed by atoms with Crippen molar-refractivity contribution in [1.82, 2.24) is 14.5 Å². The summed E-state index contributed by atoms with van der Waals surface area (Å²) in [5, 5.41) is 3.05. The molecule has 0 spiro atoms. The number of nitrogens with zero attached hydrogens (tertiary/aromatic N) is 3. The predicted molar refractivity (Wildman–Crippen MR) is 96.6 cm³/mol. The largest absolute Gasteiger partial charge is 0.310 e. The second-order valence-corrected chi connectivity index (χ2v) is 7.14. The van der Waals surface area contributed by atoms with Crippen molar-refractivity contribution in [3.05, 3.63) is 53.9 Å². The lowest BCUT2D eigenvalue weighted by Crippen LogP contribution is -2.18. The van der Waals surface area contributed by atoms with Crippen LogP contribution >= 0.6 is 0 Å². The molecule has 5 rings (SSSR count). The van der Waals surface area contributed by atoms with E-state index in [0.29, 0.717) is 23.3 Å². The summed E-state index contributed by atoms with van der Waals surface area (Å²) in [4.78, 5) is 22.0. The van der Waals surface area contributed by atoms with E-state index >= 15 is 0 Å². The van der Waals surface area contributed by atoms with Gasteiger partial charge in [-0.2, -0.15) is 0 Å². The summed E-state index contributed by atoms with van der Waals surface area (Å²) in [6, 6.07) is 11.8. The highest BCUT2D eigenvalue weighted by Crippen LogP contribution is 2.40. The first-order valence-electron chi connectivity index (χ1n) is 9.01. The number of carbonyl (C=O) groups excluding carboxylic acids is 1. The van der Waals surface area contributed by atoms with E-state index in [0.717, 1.165) is 36.1 Å². The Morgan fingerprint density at radius 1 is 1.12 bits per heavy atom. The Balaban J connectivity index is 1.50. The van der Waals surface area contributed by atoms with Gasteiger partial charge in [0.25, 0.3) is 5.91 Å². The fraction of sp³-hybridized carbons (Fsp3) is 0.350. The normalized spacial score (nSPS) is 17.0. The summed E-state index contributed by atoms with van der Waals surface area (Å²) in [5.41, 5.74) is 3.60. The number of benzene rings is 1. The van der Waals surface area contributed by atoms with Crippen LogP contribution in [0.4, 0.5) is 5.95 Å². The lowest BCUT2D eigenvalue weighted by molar-refractivity contribution is 0.102. The van der Waals surface area contributed by atoms with Gasteiger partial charge in [0.2, 0.25) is 5.95 Å². The Bertz CT molecular complexity index is 953. The van der Waals surface area contributed by atoms with Crippen LogP contribution in [0.1, 0.15) is 47.7 Å². The van der Waals surface area contributed by atoms with Gasteiger partial charge in [0.1, 0.15) is 0 Å². The molecule has 1 aromatic carbocycles. The maximum Gasteiger partial charge on any atom is 0.259 e. The number of hydrogen-bond donors (Lipinski definition) is 1. The summed E-state index contributed by atoms with van der Waals surface area (Å²) in [7, 11) is 0. The van der Waals surface area contributed by atoms with E-state index in [9.17, 15) is 4.79 Å². The number of nitrogens with one attached hydrogen (secondary N) is 1. The Morgan fingerprint density at radius 3 is 2.76 bits per heavy atom. The molecule has 0 radical (unpaired) electrons. The lowest BCUT2D eigenvalue weighted by atomic mass is 10.1. The average molecular weight is 332 g/mol. The monoisotopic (exact) mass is 332 g/mol. The third-order valence-corrected chi connectivity index (χ3v) is 5.06. The zero-order chi connectivity index (χ0) is 16.8. The van der Waals surface area contributed by atoms with Crippen LogP contribution in [-0.4, -0.2) is 20.4 Å². The topological polar surface area (TPSA) is 59.8 Å². The molecule has 2 aromatic heterocycles. The molecule has 0 unspecified atom stereocenters. The van der Waals surface area contributed by atoms with Crippen LogP contribution in [0.25, 0.3) is 11.0 Å². The van der Waals surface area contributed by atoms with Crippen molar-refractivity contribution in [2.75, 3.05) is 5.32 Å². The van der Waals surface area contributed by atoms with Gasteiger partial charge in [0.05, 0.1) is 22.3 Å². The van der Waals surface area contributed by atoms with E-state index in [-0.39, 0.29) is 5.91 Å². The maximum absolute atomic E-state index is 12.9. The van der Waals surface area contributed by atoms with E-state index in [4.69, 9.17) is 0 Å². The Kier molecular flexibility index (Phi) is 3.33. The fourth-order valence-electron chi connectivity index (χ4n) is 3.37. The summed E-state index contributed by atoms with van der Waals surface area (Å²) in [5.74, 6) is 1.67. The first-order valence-corrected chi connectivity index (χ1v) is 9.01. The molecule has 2 aliphatic rings. The Morgan fingerprint density at radius 2 is 1.96 bits per heavy atom. The molecular weight excluding hydrogens is 312 g/mol. The number of anilines is 1. The highest BCUT2D eigenvalue weighted by Gasteiger charge is 2.30. The van der Waals surface area contributed by atoms with E-state index in [1.165, 1.54) is 12.8 Å². The van der Waals surface area contributed by atoms with Crippen molar-refractivity contribution in [3.63, 3.8) is 0 Å². The number of hydrogen-bond acceptors (Lipinski definition) is 3. The smallest absolute Gasteiger partial charge is 0.259 e. The third kappa shape index (κ3) is 2.80. The fourth-order valence-corrected chi connectivity index (χ4v) is 3.37. The first kappa shape index (κ1) is 14.6. The summed E-state index contributed by atoms with van der Waals surface area (Å²) in [6.45, 7) is 0.915. The second kappa shape index (κ2) is 5.69. The molecule has 126 valence electrons. The van der Waals surface area contributed by atoms with Gasteiger partial charge in [-0.25, -0.2) is 4.98 Å². The van der Waals surface area contributed by atoms with E-state index in [2.05, 4.69) is 25.9 Å². The number of para-hydroxylation sites is 2. The molecule has 0 aliphatic heterocycles. The van der Waals surface area contributed by atoms with Crippen LogP contribution in [-0.2, 0) is 6.54 Å². The van der Waals surface area contributed by atoms with Crippen LogP contribution in [0.5, 0.6) is 0 Å². The van der Waals surface area contributed by atoms with Crippen LogP contribution in [0.15, 0.2) is 42.6 Å². The number of carbonyl (C=O) groups is 1. The van der Waals surface area contributed by atoms with Gasteiger partial charge in [0, 0.05) is 18.7 Å². The molecular formula is C20H20N4O. The number of amides is 1. The van der Waals surface area contributed by atoms with E-state index in [1.54, 1.807) is 6.20 Å². The SMILES string of the molecule is O=C(Nc1nc2ccccc2n1CC1CC1)c1cccnc1C1CC1. The standard InChI is InChI=1S/C20H20N4O/c25-19(15-4-3-11-21-18(15)14-9-10-14)23-20-22-16-5-1-2-6-17(16)24(20)12-13-7-8-13/h1-6,11,13-14H,7-10,12H2,(H,22,23,25). The van der Waals surface area contributed by atoms with Crippen LogP contribution in [0, 0.1) is 5.92 Å². The number of pyridine rings is 1. The Hall–Kier alpha value is -2.69. The zero-order valence-corrected chi connectivity index (χ0v) is 14.0. The van der Waals surface area contributed by atoms with Gasteiger partial charge in [-0.05, 0) is 55.9 Å². The predicted octanol–water partition coefficient (Wildman–Crippen LogP) is 3.97.